The Labute approximate surface area is 243 Å². The fraction of sp³-hybridized carbons (Fsp3) is 0.379. The third kappa shape index (κ3) is 6.74. The van der Waals surface area contributed by atoms with Crippen LogP contribution in [-0.2, 0) is 13.2 Å². The Morgan fingerprint density at radius 3 is 2.71 bits per heavy atom. The molecule has 2 aromatic heterocycles. The van der Waals surface area contributed by atoms with Crippen LogP contribution in [0.25, 0.3) is 5.82 Å². The van der Waals surface area contributed by atoms with Crippen LogP contribution in [-0.4, -0.2) is 62.0 Å². The Morgan fingerprint density at radius 1 is 1.17 bits per heavy atom. The molecule has 4 aromatic rings. The molecular weight excluding hydrogens is 538 g/mol. The van der Waals surface area contributed by atoms with Crippen molar-refractivity contribution in [1.29, 1.82) is 0 Å². The third-order valence-electron chi connectivity index (χ3n) is 7.22. The van der Waals surface area contributed by atoms with Crippen molar-refractivity contribution in [3.63, 3.8) is 0 Å². The van der Waals surface area contributed by atoms with Gasteiger partial charge in [0.05, 0.1) is 18.5 Å². The smallest absolute Gasteiger partial charge is 0.293 e. The number of benzene rings is 2. The van der Waals surface area contributed by atoms with E-state index >= 15 is 0 Å². The molecule has 5 rings (SSSR count). The van der Waals surface area contributed by atoms with Crippen molar-refractivity contribution in [3.8, 4) is 17.3 Å². The molecule has 3 heterocycles. The van der Waals surface area contributed by atoms with Crippen LogP contribution in [0.15, 0.2) is 52.2 Å². The van der Waals surface area contributed by atoms with Crippen LogP contribution in [0.2, 0.25) is 0 Å². The van der Waals surface area contributed by atoms with E-state index in [2.05, 4.69) is 56.0 Å². The van der Waals surface area contributed by atoms with Gasteiger partial charge in [-0.25, -0.2) is 10.1 Å². The van der Waals surface area contributed by atoms with Crippen LogP contribution < -0.4 is 20.6 Å². The number of hydrogen-bond donors (Lipinski definition) is 2. The van der Waals surface area contributed by atoms with Crippen molar-refractivity contribution in [2.75, 3.05) is 25.4 Å². The molecule has 1 aliphatic rings. The zero-order chi connectivity index (χ0) is 29.5. The van der Waals surface area contributed by atoms with Gasteiger partial charge in [0.2, 0.25) is 11.6 Å². The summed E-state index contributed by atoms with van der Waals surface area (Å²) < 4.78 is 18.0. The number of aryl methyl sites for hydroxylation is 1. The quantitative estimate of drug-likeness (QED) is 0.201. The van der Waals surface area contributed by atoms with Crippen molar-refractivity contribution >= 4 is 17.9 Å². The van der Waals surface area contributed by atoms with E-state index in [1.807, 2.05) is 43.3 Å². The van der Waals surface area contributed by atoms with Gasteiger partial charge >= 0.3 is 0 Å². The zero-order valence-corrected chi connectivity index (χ0v) is 24.0. The maximum absolute atomic E-state index is 13.2. The number of hydrazone groups is 1. The molecule has 0 unspecified atom stereocenters. The number of nitrogens with zero attached hydrogens (tertiary/aromatic N) is 7. The lowest BCUT2D eigenvalue weighted by Crippen LogP contribution is -2.34. The topological polar surface area (TPSA) is 159 Å². The molecule has 13 heteroatoms. The van der Waals surface area contributed by atoms with Gasteiger partial charge in [-0.05, 0) is 90.9 Å². The summed E-state index contributed by atoms with van der Waals surface area (Å²) in [6.07, 6.45) is 3.67. The monoisotopic (exact) mass is 573 g/mol. The van der Waals surface area contributed by atoms with Crippen LogP contribution in [0.3, 0.4) is 0 Å². The van der Waals surface area contributed by atoms with Gasteiger partial charge in [-0.1, -0.05) is 36.4 Å². The van der Waals surface area contributed by atoms with E-state index < -0.39 is 5.91 Å². The van der Waals surface area contributed by atoms with Crippen molar-refractivity contribution in [3.05, 3.63) is 70.5 Å². The van der Waals surface area contributed by atoms with E-state index in [-0.39, 0.29) is 17.3 Å². The number of nitrogens with one attached hydrogen (secondary N) is 1. The minimum atomic E-state index is -0.517. The van der Waals surface area contributed by atoms with E-state index in [0.29, 0.717) is 42.9 Å². The van der Waals surface area contributed by atoms with Gasteiger partial charge in [-0.15, -0.1) is 5.10 Å². The number of anilines is 1. The first kappa shape index (κ1) is 28.7. The number of nitrogens with two attached hydrogens (primary N) is 1. The average Bonchev–Trinajstić information content (AvgIpc) is 3.60. The second-order valence-electron chi connectivity index (χ2n) is 10.3. The summed E-state index contributed by atoms with van der Waals surface area (Å²) in [5, 5.41) is 19.9. The summed E-state index contributed by atoms with van der Waals surface area (Å²) in [5.41, 5.74) is 12.1. The number of hydrogen-bond acceptors (Lipinski definition) is 11. The molecule has 1 saturated heterocycles. The minimum absolute atomic E-state index is 0.0508. The molecule has 0 bridgehead atoms. The Balaban J connectivity index is 1.30. The first-order valence-electron chi connectivity index (χ1n) is 14.0. The summed E-state index contributed by atoms with van der Waals surface area (Å²) in [4.78, 5) is 15.4. The van der Waals surface area contributed by atoms with Gasteiger partial charge in [-0.3, -0.25) is 9.69 Å². The summed E-state index contributed by atoms with van der Waals surface area (Å²) in [7, 11) is 0. The zero-order valence-electron chi connectivity index (χ0n) is 24.0. The van der Waals surface area contributed by atoms with E-state index in [0.717, 1.165) is 42.6 Å². The molecule has 3 N–H and O–H groups in total. The van der Waals surface area contributed by atoms with E-state index in [1.54, 1.807) is 0 Å². The predicted octanol–water partition coefficient (Wildman–Crippen LogP) is 3.51. The highest BCUT2D eigenvalue weighted by atomic mass is 16.6. The molecule has 0 saturated carbocycles. The molecule has 0 aliphatic carbocycles. The second-order valence-corrected chi connectivity index (χ2v) is 10.3. The maximum atomic E-state index is 13.2. The van der Waals surface area contributed by atoms with Gasteiger partial charge < -0.3 is 15.2 Å². The summed E-state index contributed by atoms with van der Waals surface area (Å²) in [5.74, 6) is 1.58. The van der Waals surface area contributed by atoms with E-state index in [1.165, 1.54) is 10.9 Å². The molecule has 1 fully saturated rings. The molecule has 0 spiro atoms. The number of ether oxygens (including phenoxy) is 2. The van der Waals surface area contributed by atoms with Crippen molar-refractivity contribution in [1.82, 2.24) is 35.6 Å². The number of carbonyl (C=O) groups is 1. The Kier molecular flexibility index (Phi) is 9.07. The highest BCUT2D eigenvalue weighted by Gasteiger charge is 2.27. The SMILES string of the molecule is CCOc1cc(C=NNC(=O)c2nnn(-c3nonc3N)c2CN2CCC(C)CC2)ccc1OCc1ccccc1C. The lowest BCUT2D eigenvalue weighted by molar-refractivity contribution is 0.0946. The van der Waals surface area contributed by atoms with Gasteiger partial charge in [0.25, 0.3) is 5.91 Å². The molecule has 1 aliphatic heterocycles. The number of nitrogen functional groups attached to an aromatic ring is 1. The minimum Gasteiger partial charge on any atom is -0.490 e. The molecule has 220 valence electrons. The summed E-state index contributed by atoms with van der Waals surface area (Å²) >= 11 is 0. The lowest BCUT2D eigenvalue weighted by atomic mass is 9.99. The third-order valence-corrected chi connectivity index (χ3v) is 7.22. The fourth-order valence-electron chi connectivity index (χ4n) is 4.70. The van der Waals surface area contributed by atoms with Crippen LogP contribution >= 0.6 is 0 Å². The highest BCUT2D eigenvalue weighted by Crippen LogP contribution is 2.29. The maximum Gasteiger partial charge on any atom is 0.293 e. The highest BCUT2D eigenvalue weighted by molar-refractivity contribution is 5.94. The Bertz CT molecular complexity index is 1540. The Hall–Kier alpha value is -4.78. The number of amides is 1. The molecular formula is C29H35N9O4. The summed E-state index contributed by atoms with van der Waals surface area (Å²) in [6, 6.07) is 13.5. The fourth-order valence-corrected chi connectivity index (χ4v) is 4.70. The average molecular weight is 574 g/mol. The number of rotatable bonds is 11. The first-order chi connectivity index (χ1) is 20.4. The van der Waals surface area contributed by atoms with E-state index in [9.17, 15) is 4.79 Å². The van der Waals surface area contributed by atoms with Gasteiger partial charge in [-0.2, -0.15) is 9.78 Å². The molecule has 1 amide bonds. The normalized spacial score (nSPS) is 14.4. The number of carbonyl (C=O) groups excluding carboxylic acids is 1. The van der Waals surface area contributed by atoms with E-state index in [4.69, 9.17) is 19.8 Å². The lowest BCUT2D eigenvalue weighted by Gasteiger charge is -2.30. The van der Waals surface area contributed by atoms with Gasteiger partial charge in [0, 0.05) is 6.54 Å². The summed E-state index contributed by atoms with van der Waals surface area (Å²) in [6.45, 7) is 9.31. The van der Waals surface area contributed by atoms with Gasteiger partial charge in [0.1, 0.15) is 6.61 Å². The van der Waals surface area contributed by atoms with Crippen LogP contribution in [0.5, 0.6) is 11.5 Å². The predicted molar refractivity (Wildman–Crippen MR) is 155 cm³/mol. The largest absolute Gasteiger partial charge is 0.490 e. The number of likely N-dealkylation sites (tertiary alicyclic amines) is 1. The molecule has 2 aromatic carbocycles. The van der Waals surface area contributed by atoms with Gasteiger partial charge in [0.15, 0.2) is 17.2 Å². The van der Waals surface area contributed by atoms with Crippen LogP contribution in [0.4, 0.5) is 5.82 Å². The molecule has 0 radical (unpaired) electrons. The molecule has 13 nitrogen and oxygen atoms in total. The first-order valence-corrected chi connectivity index (χ1v) is 14.0. The second kappa shape index (κ2) is 13.3. The molecule has 0 atom stereocenters. The number of piperidine rings is 1. The molecule has 42 heavy (non-hydrogen) atoms. The van der Waals surface area contributed by atoms with Crippen LogP contribution in [0.1, 0.15) is 59.6 Å². The van der Waals surface area contributed by atoms with Crippen molar-refractivity contribution < 1.29 is 18.9 Å². The van der Waals surface area contributed by atoms with Crippen molar-refractivity contribution in [2.45, 2.75) is 46.8 Å². The standard InChI is InChI=1S/C29H35N9O4/c1-4-40-25-15-21(9-10-24(25)41-18-22-8-6-5-7-20(22)3)16-31-33-29(39)26-23(17-37-13-11-19(2)12-14-37)38(36-32-26)28-27(30)34-42-35-28/h5-10,15-16,19H,4,11-14,17-18H2,1-3H3,(H2,30,34)(H,33,39). The number of aromatic nitrogens is 5. The Morgan fingerprint density at radius 2 is 1.98 bits per heavy atom. The van der Waals surface area contributed by atoms with Crippen molar-refractivity contribution in [2.24, 2.45) is 11.0 Å². The van der Waals surface area contributed by atoms with Crippen LogP contribution in [0, 0.1) is 12.8 Å².